The molecule has 0 fully saturated rings. The third-order valence-electron chi connectivity index (χ3n) is 2.88. The first-order valence-corrected chi connectivity index (χ1v) is 6.48. The summed E-state index contributed by atoms with van der Waals surface area (Å²) in [6.07, 6.45) is -1.79. The Balaban J connectivity index is 2.04. The van der Waals surface area contributed by atoms with Gasteiger partial charge in [-0.25, -0.2) is 0 Å². The molecule has 0 spiro atoms. The number of rotatable bonds is 4. The van der Waals surface area contributed by atoms with Crippen molar-refractivity contribution in [2.75, 3.05) is 0 Å². The molecule has 0 radical (unpaired) electrons. The van der Waals surface area contributed by atoms with Gasteiger partial charge in [-0.1, -0.05) is 48.0 Å². The van der Waals surface area contributed by atoms with E-state index >= 15 is 0 Å². The Morgan fingerprint density at radius 1 is 1.00 bits per heavy atom. The molecule has 114 valence electrons. The van der Waals surface area contributed by atoms with Crippen molar-refractivity contribution in [2.45, 2.75) is 13.3 Å². The monoisotopic (exact) mass is 306 g/mol. The molecule has 22 heavy (non-hydrogen) atoms. The number of ether oxygens (including phenoxy) is 1. The van der Waals surface area contributed by atoms with E-state index in [4.69, 9.17) is 0 Å². The average molecular weight is 306 g/mol. The number of aryl methyl sites for hydroxylation is 1. The van der Waals surface area contributed by atoms with Crippen molar-refractivity contribution in [3.8, 4) is 5.75 Å². The van der Waals surface area contributed by atoms with E-state index < -0.39 is 6.36 Å². The van der Waals surface area contributed by atoms with E-state index in [1.165, 1.54) is 30.3 Å². The Kier molecular flexibility index (Phi) is 4.65. The highest BCUT2D eigenvalue weighted by Gasteiger charge is 2.30. The van der Waals surface area contributed by atoms with E-state index in [2.05, 4.69) is 4.74 Å². The normalized spacial score (nSPS) is 11.6. The fraction of sp³-hybridized carbons (Fsp3) is 0.118. The van der Waals surface area contributed by atoms with Crippen LogP contribution in [0.5, 0.6) is 5.75 Å². The molecule has 0 unspecified atom stereocenters. The second kappa shape index (κ2) is 6.47. The first-order valence-electron chi connectivity index (χ1n) is 6.48. The first-order chi connectivity index (χ1) is 10.3. The average Bonchev–Trinajstić information content (AvgIpc) is 2.45. The molecule has 2 aromatic carbocycles. The minimum atomic E-state index is -4.71. The summed E-state index contributed by atoms with van der Waals surface area (Å²) in [7, 11) is 0. The number of allylic oxidation sites excluding steroid dienone is 1. The van der Waals surface area contributed by atoms with E-state index in [1.54, 1.807) is 18.2 Å². The van der Waals surface area contributed by atoms with Gasteiger partial charge in [0.05, 0.1) is 0 Å². The number of ketones is 1. The first kappa shape index (κ1) is 15.8. The number of carbonyl (C=O) groups excluding carboxylic acids is 1. The molecule has 5 heteroatoms. The van der Waals surface area contributed by atoms with Crippen molar-refractivity contribution in [2.24, 2.45) is 0 Å². The zero-order valence-electron chi connectivity index (χ0n) is 11.7. The summed E-state index contributed by atoms with van der Waals surface area (Å²) in [5.41, 5.74) is 2.22. The van der Waals surface area contributed by atoms with Crippen LogP contribution in [0, 0.1) is 6.92 Å². The van der Waals surface area contributed by atoms with E-state index in [0.717, 1.165) is 5.56 Å². The van der Waals surface area contributed by atoms with Gasteiger partial charge in [0, 0.05) is 5.56 Å². The van der Waals surface area contributed by atoms with E-state index in [-0.39, 0.29) is 11.5 Å². The molecule has 0 N–H and O–H groups in total. The molecule has 0 aliphatic rings. The Bertz CT molecular complexity index is 669. The largest absolute Gasteiger partial charge is 0.573 e. The van der Waals surface area contributed by atoms with Gasteiger partial charge in [-0.05, 0) is 30.7 Å². The van der Waals surface area contributed by atoms with Crippen LogP contribution in [0.4, 0.5) is 13.2 Å². The topological polar surface area (TPSA) is 26.3 Å². The van der Waals surface area contributed by atoms with Crippen LogP contribution in [0.2, 0.25) is 0 Å². The van der Waals surface area contributed by atoms with Gasteiger partial charge < -0.3 is 4.74 Å². The molecule has 0 atom stereocenters. The van der Waals surface area contributed by atoms with Gasteiger partial charge in [-0.15, -0.1) is 13.2 Å². The molecule has 0 amide bonds. The molecule has 0 aliphatic carbocycles. The smallest absolute Gasteiger partial charge is 0.406 e. The Labute approximate surface area is 125 Å². The van der Waals surface area contributed by atoms with Gasteiger partial charge in [0.1, 0.15) is 5.75 Å². The second-order valence-corrected chi connectivity index (χ2v) is 4.68. The van der Waals surface area contributed by atoms with E-state index in [9.17, 15) is 18.0 Å². The third kappa shape index (κ3) is 4.77. The van der Waals surface area contributed by atoms with Crippen LogP contribution in [0.25, 0.3) is 6.08 Å². The highest BCUT2D eigenvalue weighted by molar-refractivity contribution is 6.06. The molecule has 2 aromatic rings. The molecule has 0 bridgehead atoms. The van der Waals surface area contributed by atoms with Gasteiger partial charge in [-0.3, -0.25) is 4.79 Å². The number of hydrogen-bond donors (Lipinski definition) is 0. The predicted molar refractivity (Wildman–Crippen MR) is 77.7 cm³/mol. The van der Waals surface area contributed by atoms with Crippen molar-refractivity contribution in [3.63, 3.8) is 0 Å². The minimum Gasteiger partial charge on any atom is -0.406 e. The number of hydrogen-bond acceptors (Lipinski definition) is 2. The summed E-state index contributed by atoms with van der Waals surface area (Å²) in [5, 5.41) is 0. The molecule has 2 rings (SSSR count). The maximum atomic E-state index is 12.0. The standard InChI is InChI=1S/C17H13F3O2/c1-12-2-7-14(8-3-12)16(21)11-6-13-4-9-15(10-5-13)22-17(18,19)20/h2-11H,1H3. The number of halogens is 3. The molecular formula is C17H13F3O2. The summed E-state index contributed by atoms with van der Waals surface area (Å²) in [4.78, 5) is 11.9. The lowest BCUT2D eigenvalue weighted by Crippen LogP contribution is -2.16. The second-order valence-electron chi connectivity index (χ2n) is 4.68. The fourth-order valence-corrected chi connectivity index (χ4v) is 1.77. The summed E-state index contributed by atoms with van der Waals surface area (Å²) < 4.78 is 39.9. The van der Waals surface area contributed by atoms with Gasteiger partial charge in [-0.2, -0.15) is 0 Å². The van der Waals surface area contributed by atoms with Crippen LogP contribution in [0.15, 0.2) is 54.6 Å². The van der Waals surface area contributed by atoms with Crippen molar-refractivity contribution in [1.29, 1.82) is 0 Å². The van der Waals surface area contributed by atoms with Crippen molar-refractivity contribution >= 4 is 11.9 Å². The van der Waals surface area contributed by atoms with Crippen molar-refractivity contribution in [3.05, 3.63) is 71.3 Å². The minimum absolute atomic E-state index is 0.171. The maximum absolute atomic E-state index is 12.0. The SMILES string of the molecule is Cc1ccc(C(=O)C=Cc2ccc(OC(F)(F)F)cc2)cc1. The molecule has 0 aliphatic heterocycles. The summed E-state index contributed by atoms with van der Waals surface area (Å²) in [6.45, 7) is 1.93. The number of alkyl halides is 3. The Morgan fingerprint density at radius 2 is 1.59 bits per heavy atom. The molecule has 0 saturated heterocycles. The lowest BCUT2D eigenvalue weighted by molar-refractivity contribution is -0.274. The summed E-state index contributed by atoms with van der Waals surface area (Å²) in [5.74, 6) is -0.467. The van der Waals surface area contributed by atoms with E-state index in [0.29, 0.717) is 11.1 Å². The molecule has 0 saturated carbocycles. The highest BCUT2D eigenvalue weighted by atomic mass is 19.4. The van der Waals surface area contributed by atoms with E-state index in [1.807, 2.05) is 19.1 Å². The summed E-state index contributed by atoms with van der Waals surface area (Å²) >= 11 is 0. The van der Waals surface area contributed by atoms with Crippen LogP contribution >= 0.6 is 0 Å². The fourth-order valence-electron chi connectivity index (χ4n) is 1.77. The Hall–Kier alpha value is -2.56. The zero-order chi connectivity index (χ0) is 16.2. The highest BCUT2D eigenvalue weighted by Crippen LogP contribution is 2.23. The van der Waals surface area contributed by atoms with Crippen LogP contribution in [0.1, 0.15) is 21.5 Å². The van der Waals surface area contributed by atoms with Crippen molar-refractivity contribution < 1.29 is 22.7 Å². The van der Waals surface area contributed by atoms with Crippen LogP contribution in [-0.2, 0) is 0 Å². The molecule has 0 aromatic heterocycles. The Morgan fingerprint density at radius 3 is 2.14 bits per heavy atom. The predicted octanol–water partition coefficient (Wildman–Crippen LogP) is 4.79. The van der Waals surface area contributed by atoms with Gasteiger partial charge in [0.15, 0.2) is 5.78 Å². The van der Waals surface area contributed by atoms with Gasteiger partial charge in [0.25, 0.3) is 0 Å². The maximum Gasteiger partial charge on any atom is 0.573 e. The van der Waals surface area contributed by atoms with Crippen LogP contribution in [-0.4, -0.2) is 12.1 Å². The number of carbonyl (C=O) groups is 1. The number of benzene rings is 2. The lowest BCUT2D eigenvalue weighted by Gasteiger charge is -2.08. The van der Waals surface area contributed by atoms with Crippen molar-refractivity contribution in [1.82, 2.24) is 0 Å². The summed E-state index contributed by atoms with van der Waals surface area (Å²) in [6, 6.07) is 12.4. The lowest BCUT2D eigenvalue weighted by atomic mass is 10.1. The molecule has 2 nitrogen and oxygen atoms in total. The molecular weight excluding hydrogens is 293 g/mol. The zero-order valence-corrected chi connectivity index (χ0v) is 11.7. The van der Waals surface area contributed by atoms with Crippen LogP contribution in [0.3, 0.4) is 0 Å². The molecule has 0 heterocycles. The third-order valence-corrected chi connectivity index (χ3v) is 2.88. The quantitative estimate of drug-likeness (QED) is 0.599. The van der Waals surface area contributed by atoms with Gasteiger partial charge in [0.2, 0.25) is 0 Å². The van der Waals surface area contributed by atoms with Gasteiger partial charge >= 0.3 is 6.36 Å². The van der Waals surface area contributed by atoms with Crippen LogP contribution < -0.4 is 4.74 Å².